The summed E-state index contributed by atoms with van der Waals surface area (Å²) in [4.78, 5) is 21.1. The number of hydrogen-bond donors (Lipinski definition) is 1. The van der Waals surface area contributed by atoms with Crippen molar-refractivity contribution in [1.29, 1.82) is 0 Å². The molecule has 0 unspecified atom stereocenters. The number of hydrogen-bond acceptors (Lipinski definition) is 3. The van der Waals surface area contributed by atoms with Crippen molar-refractivity contribution < 1.29 is 14.7 Å². The number of carbonyl (C=O) groups excluding carboxylic acids is 2. The molecular formula is C11H12O3. The first-order valence-electron chi connectivity index (χ1n) is 4.49. The zero-order valence-electron chi connectivity index (χ0n) is 7.99. The molecule has 0 saturated heterocycles. The lowest BCUT2D eigenvalue weighted by Gasteiger charge is -2.06. The third-order valence-electron chi connectivity index (χ3n) is 2.02. The van der Waals surface area contributed by atoms with E-state index in [1.165, 1.54) is 6.07 Å². The van der Waals surface area contributed by atoms with Gasteiger partial charge in [-0.25, -0.2) is 0 Å². The Hall–Kier alpha value is -1.64. The fraction of sp³-hybridized carbons (Fsp3) is 0.273. The summed E-state index contributed by atoms with van der Waals surface area (Å²) >= 11 is 0. The lowest BCUT2D eigenvalue weighted by Crippen LogP contribution is -1.93. The second kappa shape index (κ2) is 4.56. The van der Waals surface area contributed by atoms with Crippen molar-refractivity contribution in [1.82, 2.24) is 0 Å². The Kier molecular flexibility index (Phi) is 3.40. The van der Waals surface area contributed by atoms with E-state index in [9.17, 15) is 14.7 Å². The minimum absolute atomic E-state index is 0.00699. The molecule has 0 aliphatic heterocycles. The van der Waals surface area contributed by atoms with E-state index in [0.717, 1.165) is 6.42 Å². The Labute approximate surface area is 82.4 Å². The molecule has 0 heterocycles. The highest BCUT2D eigenvalue weighted by atomic mass is 16.3. The standard InChI is InChI=1S/C11H12O3/c1-2-3-9-4-8(6-12)5-10(7-13)11(9)14/h4-7,14H,2-3H2,1H3. The molecule has 3 nitrogen and oxygen atoms in total. The molecular weight excluding hydrogens is 180 g/mol. The zero-order chi connectivity index (χ0) is 10.6. The molecule has 0 amide bonds. The molecule has 0 saturated carbocycles. The fourth-order valence-corrected chi connectivity index (χ4v) is 1.36. The summed E-state index contributed by atoms with van der Waals surface area (Å²) in [5.41, 5.74) is 1.26. The number of phenols is 1. The topological polar surface area (TPSA) is 54.4 Å². The van der Waals surface area contributed by atoms with Gasteiger partial charge in [0.25, 0.3) is 0 Å². The van der Waals surface area contributed by atoms with Gasteiger partial charge in [0, 0.05) is 5.56 Å². The fourth-order valence-electron chi connectivity index (χ4n) is 1.36. The molecule has 74 valence electrons. The highest BCUT2D eigenvalue weighted by molar-refractivity contribution is 5.85. The normalized spacial score (nSPS) is 9.79. The summed E-state index contributed by atoms with van der Waals surface area (Å²) in [6.45, 7) is 1.97. The van der Waals surface area contributed by atoms with E-state index in [4.69, 9.17) is 0 Å². The number of benzene rings is 1. The lowest BCUT2D eigenvalue weighted by atomic mass is 10.0. The van der Waals surface area contributed by atoms with Crippen LogP contribution >= 0.6 is 0 Å². The van der Waals surface area contributed by atoms with Crippen LogP contribution in [0.4, 0.5) is 0 Å². The molecule has 1 rings (SSSR count). The van der Waals surface area contributed by atoms with E-state index >= 15 is 0 Å². The van der Waals surface area contributed by atoms with Gasteiger partial charge in [-0.2, -0.15) is 0 Å². The average molecular weight is 192 g/mol. The second-order valence-corrected chi connectivity index (χ2v) is 3.10. The summed E-state index contributed by atoms with van der Waals surface area (Å²) in [6.07, 6.45) is 2.75. The monoisotopic (exact) mass is 192 g/mol. The molecule has 0 atom stereocenters. The number of carbonyl (C=O) groups is 2. The molecule has 0 radical (unpaired) electrons. The van der Waals surface area contributed by atoms with Crippen molar-refractivity contribution in [2.24, 2.45) is 0 Å². The molecule has 0 bridgehead atoms. The lowest BCUT2D eigenvalue weighted by molar-refractivity contribution is 0.112. The summed E-state index contributed by atoms with van der Waals surface area (Å²) < 4.78 is 0. The maximum atomic E-state index is 10.6. The minimum Gasteiger partial charge on any atom is -0.507 e. The van der Waals surface area contributed by atoms with Crippen molar-refractivity contribution in [3.63, 3.8) is 0 Å². The maximum Gasteiger partial charge on any atom is 0.153 e. The Morgan fingerprint density at radius 3 is 2.50 bits per heavy atom. The molecule has 0 spiro atoms. The predicted octanol–water partition coefficient (Wildman–Crippen LogP) is 1.97. The number of aryl methyl sites for hydroxylation is 1. The van der Waals surface area contributed by atoms with Crippen molar-refractivity contribution in [2.45, 2.75) is 19.8 Å². The molecule has 0 aliphatic rings. The second-order valence-electron chi connectivity index (χ2n) is 3.10. The summed E-state index contributed by atoms with van der Waals surface area (Å²) in [7, 11) is 0. The van der Waals surface area contributed by atoms with E-state index in [0.29, 0.717) is 30.1 Å². The predicted molar refractivity (Wildman–Crippen MR) is 52.9 cm³/mol. The summed E-state index contributed by atoms with van der Waals surface area (Å²) in [5, 5.41) is 9.59. The molecule has 0 aliphatic carbocycles. The number of phenolic OH excluding ortho intramolecular Hbond substituents is 1. The first-order valence-corrected chi connectivity index (χ1v) is 4.49. The summed E-state index contributed by atoms with van der Waals surface area (Å²) in [6, 6.07) is 2.99. The van der Waals surface area contributed by atoms with Crippen molar-refractivity contribution in [3.8, 4) is 5.75 Å². The van der Waals surface area contributed by atoms with Crippen LogP contribution in [0.1, 0.15) is 39.6 Å². The van der Waals surface area contributed by atoms with Crippen LogP contribution in [0, 0.1) is 0 Å². The molecule has 3 heteroatoms. The highest BCUT2D eigenvalue weighted by Crippen LogP contribution is 2.23. The Balaban J connectivity index is 3.25. The van der Waals surface area contributed by atoms with Crippen LogP contribution in [-0.4, -0.2) is 17.7 Å². The van der Waals surface area contributed by atoms with Gasteiger partial charge in [0.1, 0.15) is 12.0 Å². The van der Waals surface area contributed by atoms with Crippen LogP contribution in [0.2, 0.25) is 0 Å². The van der Waals surface area contributed by atoms with Crippen LogP contribution in [0.15, 0.2) is 12.1 Å². The Bertz CT molecular complexity index is 356. The van der Waals surface area contributed by atoms with E-state index in [1.54, 1.807) is 6.07 Å². The zero-order valence-corrected chi connectivity index (χ0v) is 7.99. The molecule has 1 N–H and O–H groups in total. The number of aromatic hydroxyl groups is 1. The quantitative estimate of drug-likeness (QED) is 0.742. The molecule has 0 fully saturated rings. The smallest absolute Gasteiger partial charge is 0.153 e. The molecule has 14 heavy (non-hydrogen) atoms. The Morgan fingerprint density at radius 1 is 1.29 bits per heavy atom. The number of aldehydes is 2. The largest absolute Gasteiger partial charge is 0.507 e. The molecule has 1 aromatic rings. The Morgan fingerprint density at radius 2 is 2.00 bits per heavy atom. The molecule has 0 aromatic heterocycles. The average Bonchev–Trinajstić information content (AvgIpc) is 2.21. The minimum atomic E-state index is -0.00699. The highest BCUT2D eigenvalue weighted by Gasteiger charge is 2.08. The van der Waals surface area contributed by atoms with Gasteiger partial charge in [-0.3, -0.25) is 9.59 Å². The van der Waals surface area contributed by atoms with Crippen LogP contribution in [0.25, 0.3) is 0 Å². The van der Waals surface area contributed by atoms with Gasteiger partial charge in [0.15, 0.2) is 6.29 Å². The number of rotatable bonds is 4. The van der Waals surface area contributed by atoms with Gasteiger partial charge in [0.2, 0.25) is 0 Å². The van der Waals surface area contributed by atoms with Gasteiger partial charge in [-0.15, -0.1) is 0 Å². The maximum absolute atomic E-state index is 10.6. The third-order valence-corrected chi connectivity index (χ3v) is 2.02. The van der Waals surface area contributed by atoms with Gasteiger partial charge in [-0.05, 0) is 24.1 Å². The van der Waals surface area contributed by atoms with Crippen molar-refractivity contribution in [2.75, 3.05) is 0 Å². The van der Waals surface area contributed by atoms with E-state index in [-0.39, 0.29) is 11.3 Å². The molecule has 1 aromatic carbocycles. The van der Waals surface area contributed by atoms with Crippen LogP contribution < -0.4 is 0 Å². The first-order chi connectivity index (χ1) is 6.72. The van der Waals surface area contributed by atoms with Gasteiger partial charge < -0.3 is 5.11 Å². The first kappa shape index (κ1) is 10.4. The van der Waals surface area contributed by atoms with E-state index in [2.05, 4.69) is 0 Å². The van der Waals surface area contributed by atoms with Crippen LogP contribution in [0.5, 0.6) is 5.75 Å². The van der Waals surface area contributed by atoms with Gasteiger partial charge in [-0.1, -0.05) is 13.3 Å². The SMILES string of the molecule is CCCc1cc(C=O)cc(C=O)c1O. The van der Waals surface area contributed by atoms with Crippen molar-refractivity contribution in [3.05, 3.63) is 28.8 Å². The van der Waals surface area contributed by atoms with E-state index in [1.807, 2.05) is 6.92 Å². The van der Waals surface area contributed by atoms with Crippen molar-refractivity contribution >= 4 is 12.6 Å². The van der Waals surface area contributed by atoms with E-state index < -0.39 is 0 Å². The van der Waals surface area contributed by atoms with Gasteiger partial charge >= 0.3 is 0 Å². The van der Waals surface area contributed by atoms with Gasteiger partial charge in [0.05, 0.1) is 5.56 Å². The third kappa shape index (κ3) is 1.99. The summed E-state index contributed by atoms with van der Waals surface area (Å²) in [5.74, 6) is -0.00699. The van der Waals surface area contributed by atoms with Crippen LogP contribution in [0.3, 0.4) is 0 Å². The van der Waals surface area contributed by atoms with Crippen LogP contribution in [-0.2, 0) is 6.42 Å².